The third-order valence-electron chi connectivity index (χ3n) is 6.18. The molecule has 7 heteroatoms. The normalized spacial score (nSPS) is 23.1. The highest BCUT2D eigenvalue weighted by Crippen LogP contribution is 2.36. The molecule has 0 radical (unpaired) electrons. The number of rotatable bonds is 5. The fraction of sp³-hybridized carbons (Fsp3) is 0.435. The van der Waals surface area contributed by atoms with Crippen molar-refractivity contribution in [2.45, 2.75) is 64.2 Å². The summed E-state index contributed by atoms with van der Waals surface area (Å²) in [6, 6.07) is 11.6. The number of aryl methyl sites for hydroxylation is 1. The van der Waals surface area contributed by atoms with Crippen LogP contribution in [0.5, 0.6) is 10.9 Å². The molecule has 0 saturated carbocycles. The zero-order valence-electron chi connectivity index (χ0n) is 17.3. The average Bonchev–Trinajstić information content (AvgIpc) is 3.24. The fourth-order valence-corrected chi connectivity index (χ4v) is 5.73. The number of aromatic nitrogens is 2. The van der Waals surface area contributed by atoms with E-state index in [1.165, 1.54) is 16.9 Å². The van der Waals surface area contributed by atoms with Gasteiger partial charge in [-0.3, -0.25) is 4.79 Å². The maximum absolute atomic E-state index is 11.9. The van der Waals surface area contributed by atoms with E-state index >= 15 is 0 Å². The van der Waals surface area contributed by atoms with Gasteiger partial charge in [-0.2, -0.15) is 4.98 Å². The molecule has 1 aromatic carbocycles. The average molecular weight is 423 g/mol. The van der Waals surface area contributed by atoms with Crippen LogP contribution in [0, 0.1) is 6.92 Å². The lowest BCUT2D eigenvalue weighted by atomic mass is 9.97. The van der Waals surface area contributed by atoms with Crippen LogP contribution in [0.3, 0.4) is 0 Å². The van der Waals surface area contributed by atoms with Gasteiger partial charge in [-0.15, -0.1) is 0 Å². The van der Waals surface area contributed by atoms with Gasteiger partial charge < -0.3 is 15.0 Å². The van der Waals surface area contributed by atoms with Crippen molar-refractivity contribution in [2.75, 3.05) is 0 Å². The van der Waals surface area contributed by atoms with Gasteiger partial charge in [0.15, 0.2) is 5.65 Å². The minimum atomic E-state index is 0.232. The Morgan fingerprint density at radius 2 is 1.97 bits per heavy atom. The minimum Gasteiger partial charge on any atom is -0.431 e. The van der Waals surface area contributed by atoms with Gasteiger partial charge in [-0.1, -0.05) is 23.5 Å². The van der Waals surface area contributed by atoms with Crippen molar-refractivity contribution in [2.24, 2.45) is 0 Å². The molecule has 2 fully saturated rings. The minimum absolute atomic E-state index is 0.232. The van der Waals surface area contributed by atoms with E-state index in [0.717, 1.165) is 53.9 Å². The Kier molecular flexibility index (Phi) is 5.16. The monoisotopic (exact) mass is 422 g/mol. The number of fused-ring (bicyclic) bond motifs is 3. The number of nitrogens with zero attached hydrogens (tertiary/aromatic N) is 3. The van der Waals surface area contributed by atoms with Crippen LogP contribution in [0.15, 0.2) is 36.5 Å². The van der Waals surface area contributed by atoms with Gasteiger partial charge in [0.2, 0.25) is 5.91 Å². The second-order valence-corrected chi connectivity index (χ2v) is 9.41. The van der Waals surface area contributed by atoms with Crippen LogP contribution in [0.2, 0.25) is 0 Å². The number of thiazole rings is 1. The maximum atomic E-state index is 11.9. The molecular weight excluding hydrogens is 396 g/mol. The van der Waals surface area contributed by atoms with Crippen molar-refractivity contribution >= 4 is 27.6 Å². The van der Waals surface area contributed by atoms with Crippen LogP contribution >= 0.6 is 11.3 Å². The van der Waals surface area contributed by atoms with Crippen LogP contribution < -0.4 is 10.1 Å². The molecule has 2 aromatic heterocycles. The summed E-state index contributed by atoms with van der Waals surface area (Å²) >= 11 is 1.51. The molecule has 1 amide bonds. The zero-order valence-corrected chi connectivity index (χ0v) is 18.1. The van der Waals surface area contributed by atoms with Gasteiger partial charge >= 0.3 is 0 Å². The highest BCUT2D eigenvalue weighted by atomic mass is 32.1. The van der Waals surface area contributed by atoms with Crippen LogP contribution in [-0.4, -0.2) is 38.9 Å². The molecule has 0 spiro atoms. The molecule has 4 heterocycles. The van der Waals surface area contributed by atoms with Gasteiger partial charge in [-0.25, -0.2) is 4.98 Å². The Morgan fingerprint density at radius 3 is 2.67 bits per heavy atom. The fourth-order valence-electron chi connectivity index (χ4n) is 4.84. The number of pyridine rings is 1. The van der Waals surface area contributed by atoms with Crippen molar-refractivity contribution in [3.8, 4) is 10.9 Å². The van der Waals surface area contributed by atoms with E-state index in [-0.39, 0.29) is 5.91 Å². The van der Waals surface area contributed by atoms with Crippen molar-refractivity contribution in [3.63, 3.8) is 0 Å². The lowest BCUT2D eigenvalue weighted by molar-refractivity contribution is -0.133. The topological polar surface area (TPSA) is 67.4 Å². The molecule has 1 unspecified atom stereocenters. The highest BCUT2D eigenvalue weighted by molar-refractivity contribution is 7.20. The third kappa shape index (κ3) is 3.91. The summed E-state index contributed by atoms with van der Waals surface area (Å²) < 4.78 is 6.97. The number of amides is 1. The van der Waals surface area contributed by atoms with E-state index in [1.807, 2.05) is 25.3 Å². The van der Waals surface area contributed by atoms with Crippen molar-refractivity contribution in [1.29, 1.82) is 0 Å². The molecule has 2 aliphatic heterocycles. The number of hydrogen-bond acceptors (Lipinski definition) is 6. The Hall–Kier alpha value is -2.51. The van der Waals surface area contributed by atoms with Gasteiger partial charge in [0, 0.05) is 37.8 Å². The molecule has 6 nitrogen and oxygen atoms in total. The van der Waals surface area contributed by atoms with Crippen LogP contribution in [0.1, 0.15) is 43.7 Å². The smallest absolute Gasteiger partial charge is 0.281 e. The lowest BCUT2D eigenvalue weighted by Gasteiger charge is -2.38. The Bertz CT molecular complexity index is 1050. The Balaban J connectivity index is 1.17. The molecule has 2 bridgehead atoms. The van der Waals surface area contributed by atoms with Crippen LogP contribution in [-0.2, 0) is 11.3 Å². The quantitative estimate of drug-likeness (QED) is 0.659. The number of benzene rings is 1. The van der Waals surface area contributed by atoms with Crippen molar-refractivity contribution < 1.29 is 9.53 Å². The molecule has 0 aliphatic carbocycles. The van der Waals surface area contributed by atoms with Gasteiger partial charge in [-0.05, 0) is 61.9 Å². The predicted octanol–water partition coefficient (Wildman–Crippen LogP) is 4.42. The van der Waals surface area contributed by atoms with E-state index < -0.39 is 0 Å². The first-order valence-electron chi connectivity index (χ1n) is 10.6. The molecule has 3 aromatic rings. The summed E-state index contributed by atoms with van der Waals surface area (Å²) in [7, 11) is 0. The molecule has 30 heavy (non-hydrogen) atoms. The second-order valence-electron chi connectivity index (χ2n) is 8.42. The first kappa shape index (κ1) is 19.5. The summed E-state index contributed by atoms with van der Waals surface area (Å²) in [5, 5.41) is 4.31. The molecule has 2 saturated heterocycles. The summed E-state index contributed by atoms with van der Waals surface area (Å²) in [6.45, 7) is 4.56. The molecule has 5 rings (SSSR count). The number of carbonyl (C=O) groups excluding carboxylic acids is 1. The lowest BCUT2D eigenvalue weighted by Crippen LogP contribution is -2.50. The number of ether oxygens (including phenoxy) is 1. The van der Waals surface area contributed by atoms with E-state index in [0.29, 0.717) is 23.3 Å². The molecule has 1 N–H and O–H groups in total. The summed E-state index contributed by atoms with van der Waals surface area (Å²) in [4.78, 5) is 22.8. The molecular formula is C23H26N4O2S. The summed E-state index contributed by atoms with van der Waals surface area (Å²) in [6.07, 6.45) is 6.23. The van der Waals surface area contributed by atoms with Crippen molar-refractivity contribution in [3.05, 3.63) is 47.7 Å². The molecule has 156 valence electrons. The zero-order chi connectivity index (χ0) is 20.7. The SMILES string of the molecule is CC(=O)N1C2CC[C@H]1C[C@H](NCc1ccc(Oc3nc4ncc(C)cc4s3)cc1)C2. The number of carbonyl (C=O) groups is 1. The van der Waals surface area contributed by atoms with Crippen molar-refractivity contribution in [1.82, 2.24) is 20.2 Å². The number of hydrogen-bond donors (Lipinski definition) is 1. The largest absolute Gasteiger partial charge is 0.431 e. The third-order valence-corrected chi connectivity index (χ3v) is 7.05. The number of piperidine rings is 1. The Morgan fingerprint density at radius 1 is 1.23 bits per heavy atom. The van der Waals surface area contributed by atoms with E-state index in [9.17, 15) is 4.79 Å². The van der Waals surface area contributed by atoms with Crippen LogP contribution in [0.25, 0.3) is 10.3 Å². The Labute approximate surface area is 180 Å². The predicted molar refractivity (Wildman–Crippen MR) is 118 cm³/mol. The maximum Gasteiger partial charge on any atom is 0.281 e. The van der Waals surface area contributed by atoms with E-state index in [2.05, 4.69) is 38.4 Å². The first-order valence-corrected chi connectivity index (χ1v) is 11.4. The van der Waals surface area contributed by atoms with E-state index in [4.69, 9.17) is 4.74 Å². The van der Waals surface area contributed by atoms with Gasteiger partial charge in [0.05, 0.1) is 4.70 Å². The second kappa shape index (κ2) is 7.96. The highest BCUT2D eigenvalue weighted by Gasteiger charge is 2.41. The number of nitrogens with one attached hydrogen (secondary N) is 1. The van der Waals surface area contributed by atoms with E-state index in [1.54, 1.807) is 6.92 Å². The van der Waals surface area contributed by atoms with Crippen LogP contribution in [0.4, 0.5) is 0 Å². The van der Waals surface area contributed by atoms with Gasteiger partial charge in [0.25, 0.3) is 5.19 Å². The summed E-state index contributed by atoms with van der Waals surface area (Å²) in [5.41, 5.74) is 3.08. The standard InChI is InChI=1S/C23H26N4O2S/c1-14-9-21-22(25-12-14)26-23(30-21)29-20-7-3-16(4-8-20)13-24-17-10-18-5-6-19(11-17)27(18)15(2)28/h3-4,7-9,12,17-19,24H,5-6,10-11,13H2,1-2H3/t17-,18-,19?/m0/s1. The molecule has 2 aliphatic rings. The summed E-state index contributed by atoms with van der Waals surface area (Å²) in [5.74, 6) is 1.01. The first-order chi connectivity index (χ1) is 14.5. The molecule has 3 atom stereocenters. The van der Waals surface area contributed by atoms with Gasteiger partial charge in [0.1, 0.15) is 5.75 Å².